The second-order valence-electron chi connectivity index (χ2n) is 5.12. The van der Waals surface area contributed by atoms with E-state index in [9.17, 15) is 5.11 Å². The lowest BCUT2D eigenvalue weighted by Gasteiger charge is -2.39. The van der Waals surface area contributed by atoms with Crippen molar-refractivity contribution in [3.63, 3.8) is 0 Å². The zero-order chi connectivity index (χ0) is 15.5. The van der Waals surface area contributed by atoms with Crippen molar-refractivity contribution >= 4 is 0 Å². The van der Waals surface area contributed by atoms with Crippen LogP contribution in [0.5, 0.6) is 5.75 Å². The summed E-state index contributed by atoms with van der Waals surface area (Å²) in [6, 6.07) is 6.84. The normalized spacial score (nSPS) is 23.6. The Morgan fingerprint density at radius 3 is 2.56 bits per heavy atom. The van der Waals surface area contributed by atoms with Gasteiger partial charge in [-0.1, -0.05) is 31.4 Å². The SMILES string of the molecule is [2H]C([2H])([2H])Oc1ccc(C(CN)C2(O)CCCCC2)cc1. The van der Waals surface area contributed by atoms with Gasteiger partial charge < -0.3 is 15.6 Å². The molecule has 100 valence electrons. The number of hydrogen-bond donors (Lipinski definition) is 2. The third kappa shape index (κ3) is 2.68. The number of benzene rings is 1. The van der Waals surface area contributed by atoms with Crippen molar-refractivity contribution in [2.45, 2.75) is 43.6 Å². The molecule has 1 aromatic carbocycles. The molecule has 0 saturated heterocycles. The lowest BCUT2D eigenvalue weighted by atomic mass is 9.73. The van der Waals surface area contributed by atoms with Crippen molar-refractivity contribution in [1.82, 2.24) is 0 Å². The van der Waals surface area contributed by atoms with Crippen LogP contribution < -0.4 is 10.5 Å². The first-order valence-electron chi connectivity index (χ1n) is 8.05. The van der Waals surface area contributed by atoms with Gasteiger partial charge in [0.1, 0.15) is 5.75 Å². The van der Waals surface area contributed by atoms with Crippen molar-refractivity contribution in [3.8, 4) is 5.75 Å². The zero-order valence-corrected chi connectivity index (χ0v) is 10.6. The topological polar surface area (TPSA) is 55.5 Å². The largest absolute Gasteiger partial charge is 0.497 e. The summed E-state index contributed by atoms with van der Waals surface area (Å²) in [5.41, 5.74) is 6.06. The fourth-order valence-electron chi connectivity index (χ4n) is 2.95. The Hall–Kier alpha value is -1.06. The summed E-state index contributed by atoms with van der Waals surface area (Å²) in [5, 5.41) is 10.8. The van der Waals surface area contributed by atoms with Gasteiger partial charge in [0, 0.05) is 12.5 Å². The monoisotopic (exact) mass is 252 g/mol. The maximum atomic E-state index is 10.8. The number of methoxy groups -OCH3 is 1. The van der Waals surface area contributed by atoms with E-state index in [0.717, 1.165) is 37.7 Å². The first-order valence-corrected chi connectivity index (χ1v) is 6.55. The number of aliphatic hydroxyl groups is 1. The van der Waals surface area contributed by atoms with Crippen molar-refractivity contribution in [1.29, 1.82) is 0 Å². The second kappa shape index (κ2) is 5.72. The van der Waals surface area contributed by atoms with Crippen LogP contribution in [0.25, 0.3) is 0 Å². The van der Waals surface area contributed by atoms with Crippen molar-refractivity contribution < 1.29 is 14.0 Å². The third-order valence-electron chi connectivity index (χ3n) is 4.00. The number of rotatable bonds is 4. The molecule has 1 saturated carbocycles. The van der Waals surface area contributed by atoms with Crippen LogP contribution in [0.15, 0.2) is 24.3 Å². The van der Waals surface area contributed by atoms with Gasteiger partial charge in [0.2, 0.25) is 0 Å². The minimum atomic E-state index is -2.45. The van der Waals surface area contributed by atoms with E-state index in [0.29, 0.717) is 12.3 Å². The van der Waals surface area contributed by atoms with Gasteiger partial charge in [-0.2, -0.15) is 0 Å². The van der Waals surface area contributed by atoms with Crippen molar-refractivity contribution in [2.75, 3.05) is 13.6 Å². The molecular formula is C15H23NO2. The van der Waals surface area contributed by atoms with Crippen molar-refractivity contribution in [3.05, 3.63) is 29.8 Å². The maximum absolute atomic E-state index is 10.8. The molecule has 1 aromatic rings. The van der Waals surface area contributed by atoms with Crippen molar-refractivity contribution in [2.24, 2.45) is 5.73 Å². The summed E-state index contributed by atoms with van der Waals surface area (Å²) in [6.07, 6.45) is 4.73. The van der Waals surface area contributed by atoms with Crippen LogP contribution in [0.1, 0.15) is 47.7 Å². The first-order chi connectivity index (χ1) is 9.84. The smallest absolute Gasteiger partial charge is 0.118 e. The molecule has 1 aliphatic rings. The molecule has 18 heavy (non-hydrogen) atoms. The second-order valence-corrected chi connectivity index (χ2v) is 5.12. The Morgan fingerprint density at radius 2 is 2.00 bits per heavy atom. The molecule has 0 bridgehead atoms. The van der Waals surface area contributed by atoms with Gasteiger partial charge in [0.25, 0.3) is 0 Å². The van der Waals surface area contributed by atoms with E-state index >= 15 is 0 Å². The molecule has 2 rings (SSSR count). The zero-order valence-electron chi connectivity index (χ0n) is 13.6. The summed E-state index contributed by atoms with van der Waals surface area (Å²) < 4.78 is 26.1. The molecule has 1 aliphatic carbocycles. The average Bonchev–Trinajstić information content (AvgIpc) is 2.40. The van der Waals surface area contributed by atoms with Gasteiger partial charge >= 0.3 is 0 Å². The minimum absolute atomic E-state index is 0.125. The Bertz CT molecular complexity index is 453. The predicted octanol–water partition coefficient (Wildman–Crippen LogP) is 2.43. The van der Waals surface area contributed by atoms with Crippen LogP contribution in [-0.4, -0.2) is 24.3 Å². The van der Waals surface area contributed by atoms with Gasteiger partial charge in [0.05, 0.1) is 16.8 Å². The van der Waals surface area contributed by atoms with Gasteiger partial charge in [-0.3, -0.25) is 0 Å². The minimum Gasteiger partial charge on any atom is -0.497 e. The molecule has 0 spiro atoms. The highest BCUT2D eigenvalue weighted by molar-refractivity contribution is 5.31. The molecule has 0 radical (unpaired) electrons. The Balaban J connectivity index is 2.15. The quantitative estimate of drug-likeness (QED) is 0.865. The van der Waals surface area contributed by atoms with Crippen LogP contribution >= 0.6 is 0 Å². The summed E-state index contributed by atoms with van der Waals surface area (Å²) in [7, 11) is -2.45. The fourth-order valence-corrected chi connectivity index (χ4v) is 2.95. The van der Waals surface area contributed by atoms with Crippen LogP contribution in [0.2, 0.25) is 0 Å². The molecule has 1 unspecified atom stereocenters. The highest BCUT2D eigenvalue weighted by atomic mass is 16.5. The lowest BCUT2D eigenvalue weighted by molar-refractivity contribution is -0.0194. The predicted molar refractivity (Wildman–Crippen MR) is 72.8 cm³/mol. The summed E-state index contributed by atoms with van der Waals surface area (Å²) in [4.78, 5) is 0. The van der Waals surface area contributed by atoms with E-state index in [-0.39, 0.29) is 5.92 Å². The number of hydrogen-bond acceptors (Lipinski definition) is 3. The van der Waals surface area contributed by atoms with E-state index < -0.39 is 12.6 Å². The lowest BCUT2D eigenvalue weighted by Crippen LogP contribution is -2.41. The third-order valence-corrected chi connectivity index (χ3v) is 4.00. The molecule has 3 nitrogen and oxygen atoms in total. The van der Waals surface area contributed by atoms with E-state index in [2.05, 4.69) is 0 Å². The molecule has 0 amide bonds. The molecule has 0 aliphatic heterocycles. The molecule has 3 N–H and O–H groups in total. The van der Waals surface area contributed by atoms with Gasteiger partial charge in [-0.05, 0) is 30.5 Å². The maximum Gasteiger partial charge on any atom is 0.118 e. The first kappa shape index (κ1) is 9.82. The van der Waals surface area contributed by atoms with E-state index in [1.807, 2.05) is 0 Å². The van der Waals surface area contributed by atoms with Gasteiger partial charge in [-0.15, -0.1) is 0 Å². The van der Waals surface area contributed by atoms with E-state index in [1.54, 1.807) is 24.3 Å². The Labute approximate surface area is 113 Å². The van der Waals surface area contributed by atoms with E-state index in [1.165, 1.54) is 0 Å². The summed E-state index contributed by atoms with van der Waals surface area (Å²) in [5.74, 6) is 0.171. The summed E-state index contributed by atoms with van der Waals surface area (Å²) >= 11 is 0. The van der Waals surface area contributed by atoms with Gasteiger partial charge in [0.15, 0.2) is 0 Å². The van der Waals surface area contributed by atoms with E-state index in [4.69, 9.17) is 14.6 Å². The average molecular weight is 252 g/mol. The van der Waals surface area contributed by atoms with Gasteiger partial charge in [-0.25, -0.2) is 0 Å². The molecule has 0 heterocycles. The fraction of sp³-hybridized carbons (Fsp3) is 0.600. The molecule has 1 fully saturated rings. The van der Waals surface area contributed by atoms with Crippen LogP contribution in [-0.2, 0) is 0 Å². The van der Waals surface area contributed by atoms with Crippen LogP contribution in [0.4, 0.5) is 0 Å². The highest BCUT2D eigenvalue weighted by Gasteiger charge is 2.37. The molecular weight excluding hydrogens is 226 g/mol. The standard InChI is InChI=1S/C15H23NO2/c1-18-13-7-5-12(6-8-13)14(11-16)15(17)9-3-2-4-10-15/h5-8,14,17H,2-4,9-11,16H2,1H3/i1D3. The number of nitrogens with two attached hydrogens (primary N) is 1. The molecule has 0 aromatic heterocycles. The molecule has 1 atom stereocenters. The Morgan fingerprint density at radius 1 is 1.33 bits per heavy atom. The Kier molecular flexibility index (Phi) is 3.12. The summed E-state index contributed by atoms with van der Waals surface area (Å²) in [6.45, 7) is 0.371. The molecule has 3 heteroatoms. The van der Waals surface area contributed by atoms with Crippen LogP contribution in [0, 0.1) is 0 Å². The highest BCUT2D eigenvalue weighted by Crippen LogP contribution is 2.39. The number of ether oxygens (including phenoxy) is 1. The van der Waals surface area contributed by atoms with Crippen LogP contribution in [0.3, 0.4) is 0 Å².